The Hall–Kier alpha value is -3.52. The van der Waals surface area contributed by atoms with Gasteiger partial charge < -0.3 is 41.6 Å². The Bertz CT molecular complexity index is 874. The first kappa shape index (κ1) is 25.7. The van der Waals surface area contributed by atoms with E-state index in [0.717, 1.165) is 0 Å². The molecule has 0 bridgehead atoms. The van der Waals surface area contributed by atoms with Crippen molar-refractivity contribution in [1.82, 2.24) is 25.5 Å². The van der Waals surface area contributed by atoms with E-state index in [9.17, 15) is 34.2 Å². The maximum absolute atomic E-state index is 13.0. The quantitative estimate of drug-likeness (QED) is 0.176. The molecule has 2 rings (SSSR count). The van der Waals surface area contributed by atoms with Gasteiger partial charge in [-0.25, -0.2) is 9.78 Å². The van der Waals surface area contributed by atoms with Gasteiger partial charge in [0.2, 0.25) is 17.7 Å². The molecular formula is C19H28N6O8. The number of nitrogens with one attached hydrogen (secondary N) is 3. The number of likely N-dealkylation sites (tertiary alicyclic amines) is 1. The minimum atomic E-state index is -1.70. The molecule has 14 heteroatoms. The van der Waals surface area contributed by atoms with Crippen molar-refractivity contribution in [3.8, 4) is 0 Å². The second-order valence-corrected chi connectivity index (χ2v) is 7.80. The van der Waals surface area contributed by atoms with E-state index >= 15 is 0 Å². The Morgan fingerprint density at radius 1 is 1.24 bits per heavy atom. The van der Waals surface area contributed by atoms with E-state index in [4.69, 9.17) is 10.8 Å². The molecule has 0 spiro atoms. The van der Waals surface area contributed by atoms with E-state index < -0.39 is 66.4 Å². The molecular weight excluding hydrogens is 440 g/mol. The summed E-state index contributed by atoms with van der Waals surface area (Å²) < 4.78 is 0. The number of carbonyl (C=O) groups excluding carboxylic acids is 3. The Morgan fingerprint density at radius 2 is 1.94 bits per heavy atom. The first-order valence-corrected chi connectivity index (χ1v) is 10.3. The molecule has 182 valence electrons. The number of aromatic nitrogens is 2. The third kappa shape index (κ3) is 6.98. The first-order valence-electron chi connectivity index (χ1n) is 10.3. The number of amides is 3. The van der Waals surface area contributed by atoms with Gasteiger partial charge in [-0.15, -0.1) is 0 Å². The molecule has 0 saturated carbocycles. The predicted molar refractivity (Wildman–Crippen MR) is 110 cm³/mol. The molecule has 0 aliphatic carbocycles. The molecule has 33 heavy (non-hydrogen) atoms. The Balaban J connectivity index is 2.17. The van der Waals surface area contributed by atoms with Crippen LogP contribution in [0.4, 0.5) is 0 Å². The third-order valence-electron chi connectivity index (χ3n) is 5.25. The van der Waals surface area contributed by atoms with E-state index in [1.54, 1.807) is 0 Å². The van der Waals surface area contributed by atoms with Crippen molar-refractivity contribution in [2.24, 2.45) is 5.73 Å². The summed E-state index contributed by atoms with van der Waals surface area (Å²) in [7, 11) is 0. The van der Waals surface area contributed by atoms with Crippen molar-refractivity contribution in [1.29, 1.82) is 0 Å². The normalized spacial score (nSPS) is 19.2. The summed E-state index contributed by atoms with van der Waals surface area (Å²) in [4.78, 5) is 68.4. The SMILES string of the molecule is CC(O)C(N)C(=O)N1CCCC1C(=O)NC(Cc1cnc[nH]1)C(=O)NC(CC(=O)O)C(=O)O. The van der Waals surface area contributed by atoms with Crippen molar-refractivity contribution < 1.29 is 39.3 Å². The van der Waals surface area contributed by atoms with Crippen LogP contribution in [0, 0.1) is 0 Å². The van der Waals surface area contributed by atoms with Gasteiger partial charge in [0.05, 0.1) is 18.9 Å². The van der Waals surface area contributed by atoms with Crippen LogP contribution in [0.15, 0.2) is 12.5 Å². The van der Waals surface area contributed by atoms with Gasteiger partial charge in [0.25, 0.3) is 0 Å². The summed E-state index contributed by atoms with van der Waals surface area (Å²) >= 11 is 0. The summed E-state index contributed by atoms with van der Waals surface area (Å²) in [5.41, 5.74) is 6.17. The number of aliphatic carboxylic acids is 2. The summed E-state index contributed by atoms with van der Waals surface area (Å²) in [6.45, 7) is 1.60. The van der Waals surface area contributed by atoms with Gasteiger partial charge in [-0.3, -0.25) is 19.2 Å². The van der Waals surface area contributed by atoms with Crippen LogP contribution in [-0.4, -0.2) is 96.7 Å². The molecule has 0 radical (unpaired) electrons. The highest BCUT2D eigenvalue weighted by Gasteiger charge is 2.39. The molecule has 1 saturated heterocycles. The smallest absolute Gasteiger partial charge is 0.326 e. The maximum atomic E-state index is 13.0. The Labute approximate surface area is 188 Å². The van der Waals surface area contributed by atoms with E-state index in [0.29, 0.717) is 18.5 Å². The van der Waals surface area contributed by atoms with Crippen LogP contribution >= 0.6 is 0 Å². The van der Waals surface area contributed by atoms with Crippen LogP contribution < -0.4 is 16.4 Å². The number of carboxylic acid groups (broad SMARTS) is 2. The predicted octanol–water partition coefficient (Wildman–Crippen LogP) is -2.82. The zero-order chi connectivity index (χ0) is 24.7. The number of imidazole rings is 1. The average molecular weight is 468 g/mol. The number of hydrogen-bond donors (Lipinski definition) is 7. The van der Waals surface area contributed by atoms with Gasteiger partial charge in [-0.05, 0) is 19.8 Å². The molecule has 2 heterocycles. The number of carbonyl (C=O) groups is 5. The van der Waals surface area contributed by atoms with Crippen molar-refractivity contribution in [3.05, 3.63) is 18.2 Å². The fourth-order valence-corrected chi connectivity index (χ4v) is 3.44. The number of nitrogens with zero attached hydrogens (tertiary/aromatic N) is 2. The lowest BCUT2D eigenvalue weighted by Crippen LogP contribution is -2.58. The zero-order valence-corrected chi connectivity index (χ0v) is 17.9. The summed E-state index contributed by atoms with van der Waals surface area (Å²) in [6, 6.07) is -5.13. The fraction of sp³-hybridized carbons (Fsp3) is 0.579. The molecule has 8 N–H and O–H groups in total. The van der Waals surface area contributed by atoms with Gasteiger partial charge in [0.1, 0.15) is 24.2 Å². The summed E-state index contributed by atoms with van der Waals surface area (Å²) in [5.74, 6) is -5.15. The minimum absolute atomic E-state index is 0.0924. The van der Waals surface area contributed by atoms with Crippen molar-refractivity contribution in [2.45, 2.75) is 62.9 Å². The average Bonchev–Trinajstić information content (AvgIpc) is 3.43. The number of rotatable bonds is 11. The Morgan fingerprint density at radius 3 is 2.48 bits per heavy atom. The molecule has 5 atom stereocenters. The lowest BCUT2D eigenvalue weighted by atomic mass is 10.1. The number of hydrogen-bond acceptors (Lipinski definition) is 8. The number of nitrogens with two attached hydrogens (primary N) is 1. The van der Waals surface area contributed by atoms with Crippen molar-refractivity contribution in [2.75, 3.05) is 6.54 Å². The largest absolute Gasteiger partial charge is 0.481 e. The molecule has 1 aromatic rings. The van der Waals surface area contributed by atoms with Gasteiger partial charge >= 0.3 is 11.9 Å². The topological polar surface area (TPSA) is 228 Å². The van der Waals surface area contributed by atoms with Gasteiger partial charge in [0.15, 0.2) is 0 Å². The number of aromatic amines is 1. The molecule has 1 fully saturated rings. The van der Waals surface area contributed by atoms with Crippen molar-refractivity contribution >= 4 is 29.7 Å². The zero-order valence-electron chi connectivity index (χ0n) is 17.9. The summed E-state index contributed by atoms with van der Waals surface area (Å²) in [6.07, 6.45) is 1.51. The van der Waals surface area contributed by atoms with Gasteiger partial charge in [-0.1, -0.05) is 0 Å². The number of aliphatic hydroxyl groups excluding tert-OH is 1. The third-order valence-corrected chi connectivity index (χ3v) is 5.25. The van der Waals surface area contributed by atoms with E-state index in [1.165, 1.54) is 24.3 Å². The van der Waals surface area contributed by atoms with Crippen LogP contribution in [0.1, 0.15) is 31.9 Å². The maximum Gasteiger partial charge on any atom is 0.326 e. The van der Waals surface area contributed by atoms with Gasteiger partial charge in [-0.2, -0.15) is 0 Å². The lowest BCUT2D eigenvalue weighted by molar-refractivity contribution is -0.147. The first-order chi connectivity index (χ1) is 15.5. The molecule has 3 amide bonds. The van der Waals surface area contributed by atoms with Gasteiger partial charge in [0, 0.05) is 24.9 Å². The van der Waals surface area contributed by atoms with Crippen molar-refractivity contribution in [3.63, 3.8) is 0 Å². The monoisotopic (exact) mass is 468 g/mol. The van der Waals surface area contributed by atoms with Crippen LogP contribution in [-0.2, 0) is 30.4 Å². The van der Waals surface area contributed by atoms with E-state index in [-0.39, 0.29) is 13.0 Å². The number of carboxylic acids is 2. The minimum Gasteiger partial charge on any atom is -0.481 e. The molecule has 1 aliphatic heterocycles. The Kier molecular flexibility index (Phi) is 8.87. The molecule has 1 aliphatic rings. The second kappa shape index (κ2) is 11.4. The molecule has 5 unspecified atom stereocenters. The standard InChI is InChI=1S/C19H28N6O8/c1-9(26)15(20)18(31)25-4-2-3-13(25)17(30)23-11(5-10-7-21-8-22-10)16(29)24-12(19(32)33)6-14(27)28/h7-9,11-13,15,26H,2-6,20H2,1H3,(H,21,22)(H,23,30)(H,24,29)(H,27,28)(H,32,33). The van der Waals surface area contributed by atoms with Crippen LogP contribution in [0.5, 0.6) is 0 Å². The van der Waals surface area contributed by atoms with Crippen LogP contribution in [0.2, 0.25) is 0 Å². The second-order valence-electron chi connectivity index (χ2n) is 7.80. The molecule has 14 nitrogen and oxygen atoms in total. The van der Waals surface area contributed by atoms with Crippen LogP contribution in [0.3, 0.4) is 0 Å². The number of H-pyrrole nitrogens is 1. The highest BCUT2D eigenvalue weighted by Crippen LogP contribution is 2.19. The molecule has 0 aromatic carbocycles. The van der Waals surface area contributed by atoms with E-state index in [1.807, 2.05) is 0 Å². The van der Waals surface area contributed by atoms with Crippen LogP contribution in [0.25, 0.3) is 0 Å². The highest BCUT2D eigenvalue weighted by atomic mass is 16.4. The molecule has 1 aromatic heterocycles. The number of aliphatic hydroxyl groups is 1. The fourth-order valence-electron chi connectivity index (χ4n) is 3.44. The summed E-state index contributed by atoms with van der Waals surface area (Å²) in [5, 5.41) is 32.3. The lowest BCUT2D eigenvalue weighted by Gasteiger charge is -2.29. The highest BCUT2D eigenvalue weighted by molar-refractivity contribution is 5.95. The van der Waals surface area contributed by atoms with E-state index in [2.05, 4.69) is 20.6 Å².